The summed E-state index contributed by atoms with van der Waals surface area (Å²) in [6, 6.07) is 2.15. The molecule has 2 aliphatic carbocycles. The van der Waals surface area contributed by atoms with Crippen LogP contribution in [0.3, 0.4) is 0 Å². The zero-order valence-electron chi connectivity index (χ0n) is 13.7. The summed E-state index contributed by atoms with van der Waals surface area (Å²) in [5, 5.41) is 11.8. The van der Waals surface area contributed by atoms with Gasteiger partial charge in [0.05, 0.1) is 11.2 Å². The maximum Gasteiger partial charge on any atom is 0.179 e. The number of rotatable bonds is 1. The predicted octanol–water partition coefficient (Wildman–Crippen LogP) is 4.64. The largest absolute Gasteiger partial charge is 0.505 e. The lowest BCUT2D eigenvalue weighted by Crippen LogP contribution is -2.33. The fourth-order valence-corrected chi connectivity index (χ4v) is 4.55. The van der Waals surface area contributed by atoms with Gasteiger partial charge >= 0.3 is 0 Å². The lowest BCUT2D eigenvalue weighted by atomic mass is 9.63. The van der Waals surface area contributed by atoms with Crippen LogP contribution in [0.15, 0.2) is 6.07 Å². The molecular weight excluding hydrogens is 274 g/mol. The Morgan fingerprint density at radius 3 is 2.77 bits per heavy atom. The highest BCUT2D eigenvalue weighted by molar-refractivity contribution is 6.07. The van der Waals surface area contributed by atoms with Crippen molar-refractivity contribution in [2.75, 3.05) is 0 Å². The molecule has 0 bridgehead atoms. The normalized spacial score (nSPS) is 22.6. The summed E-state index contributed by atoms with van der Waals surface area (Å²) < 4.78 is 0. The molecule has 2 aliphatic rings. The first-order valence-corrected chi connectivity index (χ1v) is 8.24. The van der Waals surface area contributed by atoms with Crippen LogP contribution < -0.4 is 0 Å². The molecule has 2 N–H and O–H groups in total. The van der Waals surface area contributed by atoms with Crippen molar-refractivity contribution >= 4 is 16.7 Å². The Balaban J connectivity index is 2.12. The van der Waals surface area contributed by atoms with E-state index in [2.05, 4.69) is 38.7 Å². The zero-order chi connectivity index (χ0) is 15.8. The first-order valence-electron chi connectivity index (χ1n) is 8.24. The summed E-state index contributed by atoms with van der Waals surface area (Å²) >= 11 is 0. The number of aromatic amines is 1. The summed E-state index contributed by atoms with van der Waals surface area (Å²) in [5.41, 5.74) is 4.96. The van der Waals surface area contributed by atoms with Crippen molar-refractivity contribution < 1.29 is 9.90 Å². The number of phenols is 1. The van der Waals surface area contributed by atoms with Gasteiger partial charge < -0.3 is 10.1 Å². The number of aromatic nitrogens is 1. The molecule has 1 unspecified atom stereocenters. The van der Waals surface area contributed by atoms with Crippen molar-refractivity contribution in [2.45, 2.75) is 58.8 Å². The average Bonchev–Trinajstić information content (AvgIpc) is 2.83. The van der Waals surface area contributed by atoms with E-state index in [1.807, 2.05) is 0 Å². The second-order valence-electron chi connectivity index (χ2n) is 7.97. The van der Waals surface area contributed by atoms with Gasteiger partial charge in [0, 0.05) is 11.8 Å². The molecule has 0 radical (unpaired) electrons. The fourth-order valence-electron chi connectivity index (χ4n) is 4.55. The number of aryl methyl sites for hydroxylation is 1. The number of carbonyl (C=O) groups is 1. The van der Waals surface area contributed by atoms with Gasteiger partial charge in [0.2, 0.25) is 0 Å². The third-order valence-electron chi connectivity index (χ3n) is 5.71. The van der Waals surface area contributed by atoms with Gasteiger partial charge in [-0.05, 0) is 46.8 Å². The summed E-state index contributed by atoms with van der Waals surface area (Å²) in [7, 11) is 0. The molecule has 22 heavy (non-hydrogen) atoms. The third kappa shape index (κ3) is 1.60. The van der Waals surface area contributed by atoms with Crippen LogP contribution in [0.5, 0.6) is 5.75 Å². The molecule has 0 spiro atoms. The molecule has 1 aromatic heterocycles. The minimum Gasteiger partial charge on any atom is -0.505 e. The Hall–Kier alpha value is -1.77. The number of aromatic hydroxyl groups is 1. The Morgan fingerprint density at radius 1 is 1.36 bits per heavy atom. The molecule has 0 saturated heterocycles. The van der Waals surface area contributed by atoms with Gasteiger partial charge in [-0.3, -0.25) is 4.79 Å². The van der Waals surface area contributed by atoms with Gasteiger partial charge in [-0.2, -0.15) is 0 Å². The standard InChI is InChI=1S/C19H23NO2/c1-9(2)11-7-10-5-6-12-15-14(10)17(18(11)22)20-16(15)13(21)8-19(12,3)4/h7,9,12,20,22H,5-6,8H2,1-4H3. The average molecular weight is 297 g/mol. The number of H-pyrrole nitrogens is 1. The van der Waals surface area contributed by atoms with Crippen LogP contribution in [0, 0.1) is 5.41 Å². The van der Waals surface area contributed by atoms with Crippen LogP contribution in [-0.4, -0.2) is 15.9 Å². The smallest absolute Gasteiger partial charge is 0.179 e. The minimum atomic E-state index is 0.00321. The number of phenolic OH excluding ortho intramolecular Hbond substituents is 1. The quantitative estimate of drug-likeness (QED) is 0.805. The fraction of sp³-hybridized carbons (Fsp3) is 0.526. The molecule has 116 valence electrons. The van der Waals surface area contributed by atoms with E-state index in [-0.39, 0.29) is 17.1 Å². The highest BCUT2D eigenvalue weighted by Gasteiger charge is 2.44. The molecule has 2 aromatic rings. The molecule has 1 heterocycles. The summed E-state index contributed by atoms with van der Waals surface area (Å²) in [4.78, 5) is 15.8. The number of benzene rings is 1. The second kappa shape index (κ2) is 4.15. The third-order valence-corrected chi connectivity index (χ3v) is 5.71. The number of ketones is 1. The van der Waals surface area contributed by atoms with Crippen molar-refractivity contribution in [3.63, 3.8) is 0 Å². The highest BCUT2D eigenvalue weighted by atomic mass is 16.3. The van der Waals surface area contributed by atoms with Crippen molar-refractivity contribution in [2.24, 2.45) is 5.41 Å². The molecule has 0 fully saturated rings. The van der Waals surface area contributed by atoms with Gasteiger partial charge in [-0.25, -0.2) is 0 Å². The maximum absolute atomic E-state index is 12.6. The lowest BCUT2D eigenvalue weighted by Gasteiger charge is -2.40. The zero-order valence-corrected chi connectivity index (χ0v) is 13.7. The van der Waals surface area contributed by atoms with E-state index in [4.69, 9.17) is 0 Å². The van der Waals surface area contributed by atoms with Crippen LogP contribution in [0.4, 0.5) is 0 Å². The second-order valence-corrected chi connectivity index (χ2v) is 7.97. The monoisotopic (exact) mass is 297 g/mol. The molecule has 0 aliphatic heterocycles. The Kier molecular flexibility index (Phi) is 2.62. The van der Waals surface area contributed by atoms with Crippen molar-refractivity contribution in [1.82, 2.24) is 4.98 Å². The van der Waals surface area contributed by atoms with Gasteiger partial charge in [0.1, 0.15) is 5.75 Å². The number of carbonyl (C=O) groups excluding carboxylic acids is 1. The van der Waals surface area contributed by atoms with E-state index in [0.717, 1.165) is 35.0 Å². The highest BCUT2D eigenvalue weighted by Crippen LogP contribution is 2.54. The van der Waals surface area contributed by atoms with Gasteiger partial charge in [-0.1, -0.05) is 33.8 Å². The van der Waals surface area contributed by atoms with E-state index in [0.29, 0.717) is 18.1 Å². The molecule has 1 atom stereocenters. The predicted molar refractivity (Wildman–Crippen MR) is 87.8 cm³/mol. The van der Waals surface area contributed by atoms with Gasteiger partial charge in [-0.15, -0.1) is 0 Å². The van der Waals surface area contributed by atoms with Crippen LogP contribution >= 0.6 is 0 Å². The lowest BCUT2D eigenvalue weighted by molar-refractivity contribution is 0.0874. The van der Waals surface area contributed by atoms with E-state index < -0.39 is 0 Å². The van der Waals surface area contributed by atoms with Crippen LogP contribution in [0.2, 0.25) is 0 Å². The number of hydrogen-bond acceptors (Lipinski definition) is 2. The van der Waals surface area contributed by atoms with Crippen LogP contribution in [0.25, 0.3) is 10.9 Å². The Labute approximate surface area is 130 Å². The van der Waals surface area contributed by atoms with Crippen molar-refractivity contribution in [1.29, 1.82) is 0 Å². The minimum absolute atomic E-state index is 0.00321. The van der Waals surface area contributed by atoms with Crippen LogP contribution in [0.1, 0.15) is 79.6 Å². The van der Waals surface area contributed by atoms with Gasteiger partial charge in [0.25, 0.3) is 0 Å². The number of Topliss-reactive ketones (excluding diaryl/α,β-unsaturated/α-hetero) is 1. The molecule has 1 aromatic carbocycles. The van der Waals surface area contributed by atoms with E-state index in [1.165, 1.54) is 11.1 Å². The van der Waals surface area contributed by atoms with Crippen molar-refractivity contribution in [3.05, 3.63) is 28.5 Å². The molecule has 3 heteroatoms. The number of nitrogens with one attached hydrogen (secondary N) is 1. The SMILES string of the molecule is CC(C)c1cc2c3c4c([nH]c3c1O)C(=O)CC(C)(C)C4CC2. The molecule has 0 amide bonds. The van der Waals surface area contributed by atoms with Crippen LogP contribution in [-0.2, 0) is 6.42 Å². The summed E-state index contributed by atoms with van der Waals surface area (Å²) in [6.45, 7) is 8.59. The molecule has 0 saturated carbocycles. The van der Waals surface area contributed by atoms with E-state index >= 15 is 0 Å². The molecular formula is C19H23NO2. The van der Waals surface area contributed by atoms with Gasteiger partial charge in [0.15, 0.2) is 5.78 Å². The molecule has 4 rings (SSSR count). The first kappa shape index (κ1) is 13.9. The van der Waals surface area contributed by atoms with E-state index in [1.54, 1.807) is 0 Å². The first-order chi connectivity index (χ1) is 10.3. The molecule has 3 nitrogen and oxygen atoms in total. The topological polar surface area (TPSA) is 53.1 Å². The summed E-state index contributed by atoms with van der Waals surface area (Å²) in [6.07, 6.45) is 2.71. The maximum atomic E-state index is 12.6. The Morgan fingerprint density at radius 2 is 2.09 bits per heavy atom. The number of hydrogen-bond donors (Lipinski definition) is 2. The Bertz CT molecular complexity index is 811. The van der Waals surface area contributed by atoms with Crippen molar-refractivity contribution in [3.8, 4) is 5.75 Å². The van der Waals surface area contributed by atoms with E-state index in [9.17, 15) is 9.90 Å². The summed E-state index contributed by atoms with van der Waals surface area (Å²) in [5.74, 6) is 1.19.